The number of aromatic nitrogens is 1. The van der Waals surface area contributed by atoms with Crippen molar-refractivity contribution in [1.29, 1.82) is 0 Å². The van der Waals surface area contributed by atoms with Crippen LogP contribution < -0.4 is 0 Å². The van der Waals surface area contributed by atoms with Gasteiger partial charge in [-0.2, -0.15) is 8.78 Å². The van der Waals surface area contributed by atoms with Crippen molar-refractivity contribution in [2.45, 2.75) is 52.5 Å². The zero-order chi connectivity index (χ0) is 15.3. The van der Waals surface area contributed by atoms with E-state index in [0.717, 1.165) is 0 Å². The molecule has 20 heavy (non-hydrogen) atoms. The Bertz CT molecular complexity index is 546. The predicted molar refractivity (Wildman–Crippen MR) is 66.6 cm³/mol. The van der Waals surface area contributed by atoms with Gasteiger partial charge in [0, 0.05) is 23.4 Å². The summed E-state index contributed by atoms with van der Waals surface area (Å²) in [7, 11) is 0. The molecule has 1 aromatic rings. The van der Waals surface area contributed by atoms with Gasteiger partial charge in [-0.05, 0) is 24.8 Å². The predicted octanol–water partition coefficient (Wildman–Crippen LogP) is 3.85. The lowest BCUT2D eigenvalue weighted by atomic mass is 9.76. The molecule has 1 aromatic heterocycles. The second-order valence-electron chi connectivity index (χ2n) is 6.23. The Morgan fingerprint density at radius 2 is 1.95 bits per heavy atom. The monoisotopic (exact) mass is 291 g/mol. The minimum Gasteiger partial charge on any atom is -0.342 e. The molecule has 1 aliphatic rings. The van der Waals surface area contributed by atoms with Crippen molar-refractivity contribution < 1.29 is 22.4 Å². The molecule has 112 valence electrons. The summed E-state index contributed by atoms with van der Waals surface area (Å²) in [5, 5.41) is 0. The van der Waals surface area contributed by atoms with Crippen LogP contribution >= 0.6 is 0 Å². The Morgan fingerprint density at radius 3 is 2.50 bits per heavy atom. The number of alkyl halides is 4. The van der Waals surface area contributed by atoms with E-state index in [1.165, 1.54) is 10.6 Å². The smallest absolute Gasteiger partial charge is 0.324 e. The van der Waals surface area contributed by atoms with Gasteiger partial charge >= 0.3 is 12.3 Å². The fourth-order valence-corrected chi connectivity index (χ4v) is 2.71. The number of ketones is 1. The topological polar surface area (TPSA) is 22.0 Å². The zero-order valence-corrected chi connectivity index (χ0v) is 11.6. The Balaban J connectivity index is 2.44. The van der Waals surface area contributed by atoms with Crippen molar-refractivity contribution in [3.8, 4) is 0 Å². The molecule has 0 amide bonds. The molecule has 0 fully saturated rings. The molecule has 0 atom stereocenters. The van der Waals surface area contributed by atoms with Crippen molar-refractivity contribution in [3.05, 3.63) is 23.0 Å². The third-order valence-corrected chi connectivity index (χ3v) is 3.69. The third kappa shape index (κ3) is 2.60. The molecule has 0 saturated heterocycles. The lowest BCUT2D eigenvalue weighted by Crippen LogP contribution is -2.35. The summed E-state index contributed by atoms with van der Waals surface area (Å²) in [6.45, 7) is 4.20. The highest BCUT2D eigenvalue weighted by Crippen LogP contribution is 2.37. The molecule has 2 nitrogen and oxygen atoms in total. The Labute approximate surface area is 114 Å². The molecule has 1 aliphatic carbocycles. The fourth-order valence-electron chi connectivity index (χ4n) is 2.71. The molecule has 0 radical (unpaired) electrons. The van der Waals surface area contributed by atoms with Gasteiger partial charge in [-0.3, -0.25) is 4.79 Å². The van der Waals surface area contributed by atoms with E-state index in [1.54, 1.807) is 6.92 Å². The van der Waals surface area contributed by atoms with Gasteiger partial charge in [0.25, 0.3) is 0 Å². The first kappa shape index (κ1) is 15.1. The number of hydrogen-bond acceptors (Lipinski definition) is 1. The maximum absolute atomic E-state index is 13.3. The van der Waals surface area contributed by atoms with E-state index in [9.17, 15) is 22.4 Å². The molecular formula is C14H17F4NO. The van der Waals surface area contributed by atoms with Gasteiger partial charge in [0.2, 0.25) is 0 Å². The molecule has 0 saturated carbocycles. The van der Waals surface area contributed by atoms with Crippen LogP contribution in [0.2, 0.25) is 0 Å². The minimum atomic E-state index is -4.10. The number of Topliss-reactive ketones (excluding diaryl/α,β-unsaturated/α-hetero) is 1. The van der Waals surface area contributed by atoms with E-state index in [1.807, 2.05) is 13.8 Å². The van der Waals surface area contributed by atoms with Crippen molar-refractivity contribution in [2.75, 3.05) is 0 Å². The molecule has 0 N–H and O–H groups in total. The zero-order valence-electron chi connectivity index (χ0n) is 11.6. The molecule has 6 heteroatoms. The Morgan fingerprint density at radius 1 is 1.35 bits per heavy atom. The SMILES string of the molecule is Cc1cc2c(n1CC(F)(F)C(F)F)CC(C)(C)CC2=O. The van der Waals surface area contributed by atoms with Crippen LogP contribution in [-0.4, -0.2) is 22.7 Å². The van der Waals surface area contributed by atoms with Gasteiger partial charge in [0.15, 0.2) is 5.78 Å². The van der Waals surface area contributed by atoms with E-state index in [2.05, 4.69) is 0 Å². The number of nitrogens with zero attached hydrogens (tertiary/aromatic N) is 1. The van der Waals surface area contributed by atoms with Crippen LogP contribution in [0.15, 0.2) is 6.07 Å². The van der Waals surface area contributed by atoms with Gasteiger partial charge in [0.1, 0.15) is 0 Å². The summed E-state index contributed by atoms with van der Waals surface area (Å²) in [6, 6.07) is 1.52. The lowest BCUT2D eigenvalue weighted by molar-refractivity contribution is -0.138. The van der Waals surface area contributed by atoms with E-state index >= 15 is 0 Å². The van der Waals surface area contributed by atoms with E-state index in [0.29, 0.717) is 29.8 Å². The highest BCUT2D eigenvalue weighted by Gasteiger charge is 2.43. The first-order valence-electron chi connectivity index (χ1n) is 6.42. The van der Waals surface area contributed by atoms with Crippen molar-refractivity contribution in [3.63, 3.8) is 0 Å². The average Bonchev–Trinajstić information content (AvgIpc) is 2.55. The standard InChI is InChI=1S/C14H17F4NO/c1-8-4-9-10(5-13(2,3)6-11(9)20)19(8)7-14(17,18)12(15)16/h4,12H,5-7H2,1-3H3. The number of rotatable bonds is 3. The maximum Gasteiger partial charge on any atom is 0.324 e. The van der Waals surface area contributed by atoms with E-state index in [4.69, 9.17) is 0 Å². The highest BCUT2D eigenvalue weighted by atomic mass is 19.3. The highest BCUT2D eigenvalue weighted by molar-refractivity contribution is 5.99. The molecule has 0 spiro atoms. The van der Waals surface area contributed by atoms with Gasteiger partial charge in [-0.15, -0.1) is 0 Å². The van der Waals surface area contributed by atoms with Crippen molar-refractivity contribution >= 4 is 5.78 Å². The number of halogens is 4. The molecule has 1 heterocycles. The first-order valence-corrected chi connectivity index (χ1v) is 6.42. The van der Waals surface area contributed by atoms with Crippen LogP contribution in [0.3, 0.4) is 0 Å². The summed E-state index contributed by atoms with van der Waals surface area (Å²) < 4.78 is 52.5. The number of fused-ring (bicyclic) bond motifs is 1. The van der Waals surface area contributed by atoms with Gasteiger partial charge in [0.05, 0.1) is 6.54 Å². The number of aryl methyl sites for hydroxylation is 1. The van der Waals surface area contributed by atoms with E-state index < -0.39 is 18.9 Å². The summed E-state index contributed by atoms with van der Waals surface area (Å²) >= 11 is 0. The van der Waals surface area contributed by atoms with Crippen molar-refractivity contribution in [2.24, 2.45) is 5.41 Å². The summed E-state index contributed by atoms with van der Waals surface area (Å²) in [5.41, 5.74) is 0.921. The molecule has 0 unspecified atom stereocenters. The van der Waals surface area contributed by atoms with Crippen LogP contribution in [0.1, 0.15) is 42.0 Å². The average molecular weight is 291 g/mol. The maximum atomic E-state index is 13.3. The third-order valence-electron chi connectivity index (χ3n) is 3.69. The second kappa shape index (κ2) is 4.60. The Hall–Kier alpha value is -1.33. The molecule has 0 aromatic carbocycles. The molecular weight excluding hydrogens is 274 g/mol. The number of carbonyl (C=O) groups is 1. The summed E-state index contributed by atoms with van der Waals surface area (Å²) in [5.74, 6) is -4.21. The van der Waals surface area contributed by atoms with Gasteiger partial charge < -0.3 is 4.57 Å². The van der Waals surface area contributed by atoms with Crippen LogP contribution in [0.5, 0.6) is 0 Å². The second-order valence-corrected chi connectivity index (χ2v) is 6.23. The first-order chi connectivity index (χ1) is 9.03. The largest absolute Gasteiger partial charge is 0.342 e. The number of hydrogen-bond donors (Lipinski definition) is 0. The van der Waals surface area contributed by atoms with Crippen LogP contribution in [0.25, 0.3) is 0 Å². The summed E-state index contributed by atoms with van der Waals surface area (Å²) in [4.78, 5) is 12.0. The minimum absolute atomic E-state index is 0.113. The summed E-state index contributed by atoms with van der Waals surface area (Å²) in [6.07, 6.45) is -2.94. The van der Waals surface area contributed by atoms with Gasteiger partial charge in [-0.25, -0.2) is 8.78 Å². The quantitative estimate of drug-likeness (QED) is 0.775. The van der Waals surface area contributed by atoms with E-state index in [-0.39, 0.29) is 11.2 Å². The Kier molecular flexibility index (Phi) is 3.47. The molecule has 0 aliphatic heterocycles. The molecule has 2 rings (SSSR count). The van der Waals surface area contributed by atoms with Crippen molar-refractivity contribution in [1.82, 2.24) is 4.57 Å². The fraction of sp³-hybridized carbons (Fsp3) is 0.643. The molecule has 0 bridgehead atoms. The van der Waals surface area contributed by atoms with Crippen LogP contribution in [-0.2, 0) is 13.0 Å². The lowest BCUT2D eigenvalue weighted by Gasteiger charge is -2.30. The normalized spacial score (nSPS) is 18.5. The van der Waals surface area contributed by atoms with Crippen LogP contribution in [0, 0.1) is 12.3 Å². The number of carbonyl (C=O) groups excluding carboxylic acids is 1. The van der Waals surface area contributed by atoms with Gasteiger partial charge in [-0.1, -0.05) is 13.8 Å². The van der Waals surface area contributed by atoms with Crippen LogP contribution in [0.4, 0.5) is 17.6 Å².